The van der Waals surface area contributed by atoms with Gasteiger partial charge in [0.2, 0.25) is 0 Å². The molecule has 2 aromatic rings. The molecule has 0 saturated heterocycles. The molecule has 2 rings (SSSR count). The van der Waals surface area contributed by atoms with Gasteiger partial charge in [-0.3, -0.25) is 0 Å². The summed E-state index contributed by atoms with van der Waals surface area (Å²) < 4.78 is 16.5. The van der Waals surface area contributed by atoms with Gasteiger partial charge in [-0.1, -0.05) is 25.1 Å². The second-order valence-electron chi connectivity index (χ2n) is 6.88. The van der Waals surface area contributed by atoms with E-state index >= 15 is 0 Å². The van der Waals surface area contributed by atoms with E-state index < -0.39 is 0 Å². The molecule has 1 aromatic carbocycles. The zero-order valence-corrected chi connectivity index (χ0v) is 19.0. The van der Waals surface area contributed by atoms with Gasteiger partial charge in [-0.2, -0.15) is 0 Å². The molecule has 0 aliphatic rings. The van der Waals surface area contributed by atoms with Crippen LogP contribution in [-0.2, 0) is 25.8 Å². The third-order valence-electron chi connectivity index (χ3n) is 4.81. The number of hydrogen-bond acceptors (Lipinski definition) is 5. The lowest BCUT2D eigenvalue weighted by atomic mass is 10.1. The predicted octanol–water partition coefficient (Wildman–Crippen LogP) is 3.89. The molecule has 0 amide bonds. The lowest BCUT2D eigenvalue weighted by Gasteiger charge is -2.13. The molecular weight excluding hydrogens is 380 g/mol. The van der Waals surface area contributed by atoms with Crippen molar-refractivity contribution in [3.05, 3.63) is 40.8 Å². The minimum atomic E-state index is 0.571. The molecular formula is C23H36N4O3. The monoisotopic (exact) mass is 416 g/mol. The van der Waals surface area contributed by atoms with Crippen LogP contribution >= 0.6 is 0 Å². The number of aryl methyl sites for hydroxylation is 3. The number of aliphatic imine (C=N–C) groups is 1. The first-order valence-electron chi connectivity index (χ1n) is 10.9. The fourth-order valence-corrected chi connectivity index (χ4v) is 3.26. The smallest absolute Gasteiger partial charge is 0.191 e. The fraction of sp³-hybridized carbons (Fsp3) is 0.565. The number of nitrogens with zero attached hydrogens (tertiary/aromatic N) is 2. The van der Waals surface area contributed by atoms with Gasteiger partial charge >= 0.3 is 0 Å². The summed E-state index contributed by atoms with van der Waals surface area (Å²) in [5.41, 5.74) is 3.34. The van der Waals surface area contributed by atoms with Crippen LogP contribution in [0.3, 0.4) is 0 Å². The van der Waals surface area contributed by atoms with Gasteiger partial charge in [-0.25, -0.2) is 4.99 Å². The Morgan fingerprint density at radius 3 is 2.60 bits per heavy atom. The second kappa shape index (κ2) is 12.8. The lowest BCUT2D eigenvalue weighted by molar-refractivity contribution is 0.310. The number of methoxy groups -OCH3 is 1. The quantitative estimate of drug-likeness (QED) is 0.310. The molecule has 2 N–H and O–H groups in total. The average molecular weight is 417 g/mol. The van der Waals surface area contributed by atoms with Crippen LogP contribution in [0.25, 0.3) is 0 Å². The molecule has 0 spiro atoms. The highest BCUT2D eigenvalue weighted by Gasteiger charge is 2.13. The van der Waals surface area contributed by atoms with Gasteiger partial charge in [0.25, 0.3) is 0 Å². The van der Waals surface area contributed by atoms with Crippen LogP contribution in [0.15, 0.2) is 27.7 Å². The summed E-state index contributed by atoms with van der Waals surface area (Å²) in [5.74, 6) is 3.31. The van der Waals surface area contributed by atoms with Crippen molar-refractivity contribution in [2.24, 2.45) is 4.99 Å². The molecule has 0 bridgehead atoms. The molecule has 1 heterocycles. The molecule has 166 valence electrons. The van der Waals surface area contributed by atoms with Gasteiger partial charge in [0.1, 0.15) is 5.76 Å². The molecule has 0 unspecified atom stereocenters. The van der Waals surface area contributed by atoms with E-state index in [4.69, 9.17) is 19.0 Å². The normalized spacial score (nSPS) is 11.4. The molecule has 30 heavy (non-hydrogen) atoms. The van der Waals surface area contributed by atoms with E-state index in [-0.39, 0.29) is 0 Å². The Kier molecular flexibility index (Phi) is 10.0. The topological polar surface area (TPSA) is 80.9 Å². The van der Waals surface area contributed by atoms with E-state index in [0.29, 0.717) is 13.2 Å². The number of hydrogen-bond donors (Lipinski definition) is 2. The molecule has 0 saturated carbocycles. The van der Waals surface area contributed by atoms with Gasteiger partial charge in [-0.15, -0.1) is 0 Å². The van der Waals surface area contributed by atoms with Crippen molar-refractivity contribution in [2.75, 3.05) is 26.8 Å². The Labute approximate surface area is 180 Å². The summed E-state index contributed by atoms with van der Waals surface area (Å²) in [5, 5.41) is 10.9. The van der Waals surface area contributed by atoms with Crippen molar-refractivity contribution >= 4 is 5.96 Å². The summed E-state index contributed by atoms with van der Waals surface area (Å²) in [7, 11) is 1.66. The van der Waals surface area contributed by atoms with E-state index in [2.05, 4.69) is 48.7 Å². The summed E-state index contributed by atoms with van der Waals surface area (Å²) in [4.78, 5) is 4.74. The maximum atomic E-state index is 5.67. The predicted molar refractivity (Wildman–Crippen MR) is 121 cm³/mol. The molecule has 0 aliphatic heterocycles. The highest BCUT2D eigenvalue weighted by Crippen LogP contribution is 2.28. The molecule has 1 aromatic heterocycles. The first-order valence-corrected chi connectivity index (χ1v) is 10.9. The van der Waals surface area contributed by atoms with Crippen LogP contribution in [0.1, 0.15) is 56.7 Å². The standard InChI is InChI=1S/C23H36N4O3/c1-6-19-18(20(7-2)30-27-19)16-26-23(24-8-3)25-14-10-11-17-12-13-21(28-5)22(15-17)29-9-4/h12-13,15H,6-11,14,16H2,1-5H3,(H2,24,25,26). The highest BCUT2D eigenvalue weighted by atomic mass is 16.5. The number of nitrogens with one attached hydrogen (secondary N) is 2. The molecule has 7 heteroatoms. The molecule has 0 atom stereocenters. The number of ether oxygens (including phenoxy) is 2. The van der Waals surface area contributed by atoms with Crippen molar-refractivity contribution in [3.8, 4) is 11.5 Å². The number of rotatable bonds is 12. The molecule has 7 nitrogen and oxygen atoms in total. The minimum absolute atomic E-state index is 0.571. The SMILES string of the molecule is CCNC(=NCc1c(CC)noc1CC)NCCCc1ccc(OC)c(OCC)c1. The Balaban J connectivity index is 1.91. The first kappa shape index (κ1) is 23.6. The highest BCUT2D eigenvalue weighted by molar-refractivity contribution is 5.79. The maximum absolute atomic E-state index is 5.67. The second-order valence-corrected chi connectivity index (χ2v) is 6.88. The molecule has 0 radical (unpaired) electrons. The van der Waals surface area contributed by atoms with E-state index in [9.17, 15) is 0 Å². The summed E-state index contributed by atoms with van der Waals surface area (Å²) in [6.45, 7) is 11.0. The number of aromatic nitrogens is 1. The summed E-state index contributed by atoms with van der Waals surface area (Å²) in [6, 6.07) is 6.12. The van der Waals surface area contributed by atoms with Gasteiger partial charge in [0.05, 0.1) is 26.0 Å². The third-order valence-corrected chi connectivity index (χ3v) is 4.81. The van der Waals surface area contributed by atoms with Crippen molar-refractivity contribution in [1.82, 2.24) is 15.8 Å². The maximum Gasteiger partial charge on any atom is 0.191 e. The van der Waals surface area contributed by atoms with Gasteiger partial charge in [0.15, 0.2) is 17.5 Å². The Bertz CT molecular complexity index is 780. The van der Waals surface area contributed by atoms with E-state index in [1.807, 2.05) is 13.0 Å². The molecule has 0 aliphatic carbocycles. The Morgan fingerprint density at radius 2 is 1.93 bits per heavy atom. The van der Waals surface area contributed by atoms with Crippen molar-refractivity contribution in [3.63, 3.8) is 0 Å². The van der Waals surface area contributed by atoms with Crippen LogP contribution in [0, 0.1) is 0 Å². The Morgan fingerprint density at radius 1 is 1.10 bits per heavy atom. The zero-order chi connectivity index (χ0) is 21.8. The van der Waals surface area contributed by atoms with Crippen molar-refractivity contribution in [2.45, 2.75) is 59.9 Å². The van der Waals surface area contributed by atoms with Gasteiger partial charge in [0, 0.05) is 25.1 Å². The lowest BCUT2D eigenvalue weighted by Crippen LogP contribution is -2.37. The van der Waals surface area contributed by atoms with Crippen LogP contribution in [0.4, 0.5) is 0 Å². The van der Waals surface area contributed by atoms with Crippen LogP contribution in [-0.4, -0.2) is 37.9 Å². The summed E-state index contributed by atoms with van der Waals surface area (Å²) in [6.07, 6.45) is 3.61. The van der Waals surface area contributed by atoms with Crippen LogP contribution in [0.5, 0.6) is 11.5 Å². The van der Waals surface area contributed by atoms with Crippen molar-refractivity contribution < 1.29 is 14.0 Å². The van der Waals surface area contributed by atoms with Crippen molar-refractivity contribution in [1.29, 1.82) is 0 Å². The average Bonchev–Trinajstić information content (AvgIpc) is 3.17. The van der Waals surface area contributed by atoms with E-state index in [0.717, 1.165) is 73.2 Å². The van der Waals surface area contributed by atoms with Crippen LogP contribution < -0.4 is 20.1 Å². The third kappa shape index (κ3) is 6.68. The van der Waals surface area contributed by atoms with E-state index in [1.165, 1.54) is 5.56 Å². The summed E-state index contributed by atoms with van der Waals surface area (Å²) >= 11 is 0. The van der Waals surface area contributed by atoms with E-state index in [1.54, 1.807) is 7.11 Å². The van der Waals surface area contributed by atoms with Gasteiger partial charge in [-0.05, 0) is 50.8 Å². The fourth-order valence-electron chi connectivity index (χ4n) is 3.26. The van der Waals surface area contributed by atoms with Crippen LogP contribution in [0.2, 0.25) is 0 Å². The number of benzene rings is 1. The zero-order valence-electron chi connectivity index (χ0n) is 19.0. The Hall–Kier alpha value is -2.70. The largest absolute Gasteiger partial charge is 0.493 e. The minimum Gasteiger partial charge on any atom is -0.493 e. The van der Waals surface area contributed by atoms with Gasteiger partial charge < -0.3 is 24.6 Å². The first-order chi connectivity index (χ1) is 14.7. The molecule has 0 fully saturated rings. The number of guanidine groups is 1.